The molecule has 1 aromatic heterocycles. The molecule has 1 aliphatic carbocycles. The number of hydrogen-bond acceptors (Lipinski definition) is 4. The molecule has 4 heteroatoms. The molecule has 0 radical (unpaired) electrons. The Morgan fingerprint density at radius 3 is 3.00 bits per heavy atom. The van der Waals surface area contributed by atoms with Gasteiger partial charge in [0.1, 0.15) is 5.69 Å². The van der Waals surface area contributed by atoms with Crippen LogP contribution in [0.25, 0.3) is 0 Å². The standard InChI is InChI=1S/C14H20N2OS/c1-2-10-6-3-4-9-16(10)14-15-13-11(17)7-5-8-12(13)18-14/h10H,2-9H2,1H3. The summed E-state index contributed by atoms with van der Waals surface area (Å²) in [5, 5.41) is 1.10. The fourth-order valence-corrected chi connectivity index (χ4v) is 4.27. The van der Waals surface area contributed by atoms with Crippen molar-refractivity contribution in [1.29, 1.82) is 0 Å². The minimum absolute atomic E-state index is 0.254. The van der Waals surface area contributed by atoms with Crippen LogP contribution in [0, 0.1) is 0 Å². The van der Waals surface area contributed by atoms with Crippen LogP contribution in [0.15, 0.2) is 0 Å². The summed E-state index contributed by atoms with van der Waals surface area (Å²) in [7, 11) is 0. The topological polar surface area (TPSA) is 33.2 Å². The summed E-state index contributed by atoms with van der Waals surface area (Å²) in [6.07, 6.45) is 7.78. The molecule has 0 spiro atoms. The van der Waals surface area contributed by atoms with E-state index in [1.54, 1.807) is 11.3 Å². The Bertz CT molecular complexity index is 455. The maximum atomic E-state index is 11.9. The number of aromatic nitrogens is 1. The smallest absolute Gasteiger partial charge is 0.186 e. The van der Waals surface area contributed by atoms with E-state index >= 15 is 0 Å². The number of nitrogens with zero attached hydrogens (tertiary/aromatic N) is 2. The molecule has 0 saturated carbocycles. The zero-order valence-corrected chi connectivity index (χ0v) is 11.8. The molecule has 0 aromatic carbocycles. The van der Waals surface area contributed by atoms with Crippen LogP contribution >= 0.6 is 11.3 Å². The monoisotopic (exact) mass is 264 g/mol. The number of aryl methyl sites for hydroxylation is 1. The van der Waals surface area contributed by atoms with E-state index in [2.05, 4.69) is 16.8 Å². The second-order valence-electron chi connectivity index (χ2n) is 5.30. The zero-order chi connectivity index (χ0) is 12.5. The molecule has 1 fully saturated rings. The fourth-order valence-electron chi connectivity index (χ4n) is 3.05. The summed E-state index contributed by atoms with van der Waals surface area (Å²) < 4.78 is 0. The summed E-state index contributed by atoms with van der Waals surface area (Å²) in [6.45, 7) is 3.36. The molecule has 1 unspecified atom stereocenters. The van der Waals surface area contributed by atoms with Crippen molar-refractivity contribution in [3.8, 4) is 0 Å². The summed E-state index contributed by atoms with van der Waals surface area (Å²) in [6, 6.07) is 0.626. The Morgan fingerprint density at radius 2 is 2.22 bits per heavy atom. The predicted molar refractivity (Wildman–Crippen MR) is 74.7 cm³/mol. The number of carbonyl (C=O) groups is 1. The van der Waals surface area contributed by atoms with Crippen LogP contribution in [0.5, 0.6) is 0 Å². The summed E-state index contributed by atoms with van der Waals surface area (Å²) in [4.78, 5) is 20.2. The maximum Gasteiger partial charge on any atom is 0.186 e. The highest BCUT2D eigenvalue weighted by Crippen LogP contribution is 2.35. The molecule has 98 valence electrons. The van der Waals surface area contributed by atoms with Gasteiger partial charge in [-0.1, -0.05) is 6.92 Å². The van der Waals surface area contributed by atoms with E-state index in [9.17, 15) is 4.79 Å². The third-order valence-corrected chi connectivity index (χ3v) is 5.25. The van der Waals surface area contributed by atoms with Crippen molar-refractivity contribution in [1.82, 2.24) is 4.98 Å². The molecule has 1 saturated heterocycles. The molecule has 0 amide bonds. The van der Waals surface area contributed by atoms with Crippen molar-refractivity contribution in [2.75, 3.05) is 11.4 Å². The summed E-state index contributed by atoms with van der Waals surface area (Å²) in [5.41, 5.74) is 0.779. The Labute approximate surface area is 112 Å². The highest BCUT2D eigenvalue weighted by atomic mass is 32.1. The van der Waals surface area contributed by atoms with Gasteiger partial charge >= 0.3 is 0 Å². The fraction of sp³-hybridized carbons (Fsp3) is 0.714. The molecule has 0 N–H and O–H groups in total. The van der Waals surface area contributed by atoms with Crippen LogP contribution in [0.1, 0.15) is 60.8 Å². The molecule has 1 atom stereocenters. The number of anilines is 1. The normalized spacial score (nSPS) is 24.2. The maximum absolute atomic E-state index is 11.9. The summed E-state index contributed by atoms with van der Waals surface area (Å²) >= 11 is 1.76. The van der Waals surface area contributed by atoms with E-state index in [1.807, 2.05) is 0 Å². The van der Waals surface area contributed by atoms with Gasteiger partial charge < -0.3 is 4.90 Å². The molecule has 3 nitrogen and oxygen atoms in total. The molecule has 3 rings (SSSR count). The molecule has 2 heterocycles. The third-order valence-electron chi connectivity index (χ3n) is 4.10. The van der Waals surface area contributed by atoms with Crippen molar-refractivity contribution in [2.24, 2.45) is 0 Å². The van der Waals surface area contributed by atoms with Crippen molar-refractivity contribution < 1.29 is 4.79 Å². The molecular formula is C14H20N2OS. The van der Waals surface area contributed by atoms with Crippen LogP contribution in [0.2, 0.25) is 0 Å². The van der Waals surface area contributed by atoms with Gasteiger partial charge in [-0.05, 0) is 38.5 Å². The first-order chi connectivity index (χ1) is 8.79. The first-order valence-electron chi connectivity index (χ1n) is 7.09. The number of fused-ring (bicyclic) bond motifs is 1. The molecule has 1 aliphatic heterocycles. The number of piperidine rings is 1. The van der Waals surface area contributed by atoms with Gasteiger partial charge in [-0.2, -0.15) is 0 Å². The first kappa shape index (κ1) is 12.2. The molecule has 18 heavy (non-hydrogen) atoms. The largest absolute Gasteiger partial charge is 0.345 e. The Morgan fingerprint density at radius 1 is 1.33 bits per heavy atom. The lowest BCUT2D eigenvalue weighted by atomic mass is 10.0. The predicted octanol–water partition coefficient (Wildman–Crippen LogP) is 3.43. The zero-order valence-electron chi connectivity index (χ0n) is 10.9. The molecule has 2 aliphatic rings. The lowest BCUT2D eigenvalue weighted by Gasteiger charge is -2.34. The highest BCUT2D eigenvalue weighted by Gasteiger charge is 2.28. The molecule has 0 bridgehead atoms. The van der Waals surface area contributed by atoms with E-state index in [0.29, 0.717) is 12.5 Å². The minimum Gasteiger partial charge on any atom is -0.345 e. The van der Waals surface area contributed by atoms with Crippen LogP contribution in [0.4, 0.5) is 5.13 Å². The van der Waals surface area contributed by atoms with Crippen molar-refractivity contribution >= 4 is 22.3 Å². The van der Waals surface area contributed by atoms with E-state index in [-0.39, 0.29) is 5.78 Å². The van der Waals surface area contributed by atoms with E-state index in [0.717, 1.165) is 30.2 Å². The highest BCUT2D eigenvalue weighted by molar-refractivity contribution is 7.16. The summed E-state index contributed by atoms with van der Waals surface area (Å²) in [5.74, 6) is 0.254. The van der Waals surface area contributed by atoms with Crippen molar-refractivity contribution in [2.45, 2.75) is 57.9 Å². The van der Waals surface area contributed by atoms with Crippen molar-refractivity contribution in [3.05, 3.63) is 10.6 Å². The van der Waals surface area contributed by atoms with Gasteiger partial charge in [-0.15, -0.1) is 11.3 Å². The number of Topliss-reactive ketones (excluding diaryl/α,β-unsaturated/α-hetero) is 1. The average Bonchev–Trinajstić information content (AvgIpc) is 2.84. The van der Waals surface area contributed by atoms with Gasteiger partial charge in [0.15, 0.2) is 10.9 Å². The third kappa shape index (κ3) is 2.07. The van der Waals surface area contributed by atoms with Crippen molar-refractivity contribution in [3.63, 3.8) is 0 Å². The SMILES string of the molecule is CCC1CCCCN1c1nc2c(s1)CCCC2=O. The average molecular weight is 264 g/mol. The second-order valence-corrected chi connectivity index (χ2v) is 6.36. The van der Waals surface area contributed by atoms with Gasteiger partial charge in [0.25, 0.3) is 0 Å². The van der Waals surface area contributed by atoms with Gasteiger partial charge in [0.2, 0.25) is 0 Å². The molecule has 1 aromatic rings. The number of rotatable bonds is 2. The van der Waals surface area contributed by atoms with E-state index < -0.39 is 0 Å². The number of hydrogen-bond donors (Lipinski definition) is 0. The lowest BCUT2D eigenvalue weighted by molar-refractivity contribution is 0.0968. The number of carbonyl (C=O) groups excluding carboxylic acids is 1. The Kier molecular flexibility index (Phi) is 3.37. The van der Waals surface area contributed by atoms with E-state index in [4.69, 9.17) is 0 Å². The Hall–Kier alpha value is -0.900. The molecular weight excluding hydrogens is 244 g/mol. The van der Waals surface area contributed by atoms with Crippen LogP contribution in [-0.4, -0.2) is 23.4 Å². The van der Waals surface area contributed by atoms with Gasteiger partial charge in [0, 0.05) is 23.9 Å². The van der Waals surface area contributed by atoms with Crippen LogP contribution < -0.4 is 4.90 Å². The van der Waals surface area contributed by atoms with E-state index in [1.165, 1.54) is 30.6 Å². The number of ketones is 1. The number of thiazole rings is 1. The van der Waals surface area contributed by atoms with Gasteiger partial charge in [0.05, 0.1) is 0 Å². The van der Waals surface area contributed by atoms with Crippen LogP contribution in [0.3, 0.4) is 0 Å². The second kappa shape index (κ2) is 5.00. The first-order valence-corrected chi connectivity index (χ1v) is 7.90. The van der Waals surface area contributed by atoms with Gasteiger partial charge in [-0.3, -0.25) is 4.79 Å². The Balaban J connectivity index is 1.89. The quantitative estimate of drug-likeness (QED) is 0.820. The minimum atomic E-state index is 0.254. The van der Waals surface area contributed by atoms with Gasteiger partial charge in [-0.25, -0.2) is 4.98 Å². The lowest BCUT2D eigenvalue weighted by Crippen LogP contribution is -2.39. The van der Waals surface area contributed by atoms with Crippen LogP contribution in [-0.2, 0) is 6.42 Å².